The summed E-state index contributed by atoms with van der Waals surface area (Å²) in [5.41, 5.74) is 13.4. The third-order valence-electron chi connectivity index (χ3n) is 4.78. The Bertz CT molecular complexity index is 922. The minimum Gasteiger partial charge on any atom is -0.402 e. The standard InChI is InChI=1S/C23H28N4/c1-15-7-8-18(22(16(2)25)17(3)26-6)13-21(15)27-20-11-9-19(10-12-20)23(4,5)14-24/h7-13,27H,25H2,1-6H3. The summed E-state index contributed by atoms with van der Waals surface area (Å²) in [7, 11) is 1.77. The Hall–Kier alpha value is -3.06. The lowest BCUT2D eigenvalue weighted by molar-refractivity contribution is 0.687. The van der Waals surface area contributed by atoms with Crippen molar-refractivity contribution >= 4 is 22.7 Å². The van der Waals surface area contributed by atoms with Crippen molar-refractivity contribution in [3.63, 3.8) is 0 Å². The van der Waals surface area contributed by atoms with Crippen LogP contribution in [0.15, 0.2) is 53.2 Å². The smallest absolute Gasteiger partial charge is 0.0766 e. The molecule has 2 rings (SSSR count). The Morgan fingerprint density at radius 3 is 2.26 bits per heavy atom. The molecule has 2 aromatic rings. The van der Waals surface area contributed by atoms with Gasteiger partial charge in [-0.15, -0.1) is 0 Å². The molecule has 0 radical (unpaired) electrons. The van der Waals surface area contributed by atoms with Gasteiger partial charge in [0.15, 0.2) is 0 Å². The monoisotopic (exact) mass is 360 g/mol. The lowest BCUT2D eigenvalue weighted by atomic mass is 9.86. The first-order valence-corrected chi connectivity index (χ1v) is 8.99. The van der Waals surface area contributed by atoms with E-state index in [1.165, 1.54) is 0 Å². The zero-order valence-electron chi connectivity index (χ0n) is 17.0. The molecular weight excluding hydrogens is 332 g/mol. The normalized spacial score (nSPS) is 13.0. The van der Waals surface area contributed by atoms with Gasteiger partial charge in [-0.05, 0) is 69.5 Å². The average Bonchev–Trinajstić information content (AvgIpc) is 2.64. The van der Waals surface area contributed by atoms with E-state index in [1.54, 1.807) is 7.05 Å². The molecule has 140 valence electrons. The van der Waals surface area contributed by atoms with Gasteiger partial charge in [-0.25, -0.2) is 0 Å². The van der Waals surface area contributed by atoms with Gasteiger partial charge in [-0.3, -0.25) is 4.99 Å². The van der Waals surface area contributed by atoms with E-state index in [9.17, 15) is 5.26 Å². The molecule has 0 amide bonds. The van der Waals surface area contributed by atoms with E-state index in [4.69, 9.17) is 5.73 Å². The van der Waals surface area contributed by atoms with E-state index in [0.717, 1.165) is 45.0 Å². The Morgan fingerprint density at radius 1 is 1.11 bits per heavy atom. The number of benzene rings is 2. The number of aliphatic imine (C=N–C) groups is 1. The maximum Gasteiger partial charge on any atom is 0.0766 e. The zero-order chi connectivity index (χ0) is 20.2. The van der Waals surface area contributed by atoms with Gasteiger partial charge in [0, 0.05) is 35.4 Å². The van der Waals surface area contributed by atoms with Crippen LogP contribution in [0.4, 0.5) is 11.4 Å². The van der Waals surface area contributed by atoms with Crippen LogP contribution >= 0.6 is 0 Å². The number of allylic oxidation sites excluding steroid dienone is 2. The molecule has 0 heterocycles. The highest BCUT2D eigenvalue weighted by atomic mass is 14.9. The summed E-state index contributed by atoms with van der Waals surface area (Å²) in [6, 6.07) is 16.6. The predicted octanol–water partition coefficient (Wildman–Crippen LogP) is 5.32. The summed E-state index contributed by atoms with van der Waals surface area (Å²) < 4.78 is 0. The Balaban J connectivity index is 2.38. The SMILES string of the molecule is CN=C(C)C(=C(C)N)c1ccc(C)c(Nc2ccc(C(C)(C)C#N)cc2)c1. The first-order valence-electron chi connectivity index (χ1n) is 8.99. The van der Waals surface area contributed by atoms with Crippen LogP contribution in [-0.4, -0.2) is 12.8 Å². The van der Waals surface area contributed by atoms with E-state index in [2.05, 4.69) is 41.5 Å². The molecule has 2 aromatic carbocycles. The fourth-order valence-electron chi connectivity index (χ4n) is 2.94. The molecule has 0 aliphatic rings. The molecule has 0 fully saturated rings. The fourth-order valence-corrected chi connectivity index (χ4v) is 2.94. The Morgan fingerprint density at radius 2 is 1.74 bits per heavy atom. The molecule has 0 spiro atoms. The number of aryl methyl sites for hydroxylation is 1. The molecule has 0 atom stereocenters. The molecule has 4 heteroatoms. The van der Waals surface area contributed by atoms with Crippen molar-refractivity contribution in [2.24, 2.45) is 10.7 Å². The summed E-state index contributed by atoms with van der Waals surface area (Å²) in [5, 5.41) is 12.8. The van der Waals surface area contributed by atoms with E-state index < -0.39 is 5.41 Å². The first-order chi connectivity index (χ1) is 12.7. The molecule has 3 N–H and O–H groups in total. The summed E-state index contributed by atoms with van der Waals surface area (Å²) in [6.45, 7) is 9.77. The van der Waals surface area contributed by atoms with Crippen molar-refractivity contribution in [3.8, 4) is 6.07 Å². The van der Waals surface area contributed by atoms with Crippen LogP contribution in [0.25, 0.3) is 5.57 Å². The number of nitriles is 1. The fraction of sp³-hybridized carbons (Fsp3) is 0.304. The highest BCUT2D eigenvalue weighted by Gasteiger charge is 2.19. The third kappa shape index (κ3) is 4.57. The average molecular weight is 361 g/mol. The van der Waals surface area contributed by atoms with Crippen molar-refractivity contribution in [1.29, 1.82) is 5.26 Å². The summed E-state index contributed by atoms with van der Waals surface area (Å²) >= 11 is 0. The number of hydrogen-bond acceptors (Lipinski definition) is 4. The number of rotatable bonds is 5. The minimum absolute atomic E-state index is 0.496. The molecule has 0 aromatic heterocycles. The molecule has 0 saturated carbocycles. The van der Waals surface area contributed by atoms with Gasteiger partial charge in [0.25, 0.3) is 0 Å². The van der Waals surface area contributed by atoms with Crippen LogP contribution in [-0.2, 0) is 5.41 Å². The molecule has 27 heavy (non-hydrogen) atoms. The predicted molar refractivity (Wildman–Crippen MR) is 115 cm³/mol. The topological polar surface area (TPSA) is 74.2 Å². The summed E-state index contributed by atoms with van der Waals surface area (Å²) in [4.78, 5) is 4.30. The quantitative estimate of drug-likeness (QED) is 0.709. The van der Waals surface area contributed by atoms with Crippen molar-refractivity contribution in [2.45, 2.75) is 40.0 Å². The molecule has 0 aliphatic carbocycles. The van der Waals surface area contributed by atoms with Crippen molar-refractivity contribution < 1.29 is 0 Å². The van der Waals surface area contributed by atoms with Crippen LogP contribution in [0, 0.1) is 18.3 Å². The van der Waals surface area contributed by atoms with Gasteiger partial charge in [-0.2, -0.15) is 5.26 Å². The lowest BCUT2D eigenvalue weighted by Crippen LogP contribution is -2.13. The maximum absolute atomic E-state index is 9.29. The second kappa shape index (κ2) is 8.09. The Kier molecular flexibility index (Phi) is 6.07. The van der Waals surface area contributed by atoms with Gasteiger partial charge >= 0.3 is 0 Å². The largest absolute Gasteiger partial charge is 0.402 e. The molecule has 0 bridgehead atoms. The molecule has 0 saturated heterocycles. The second-order valence-electron chi connectivity index (χ2n) is 7.34. The number of nitrogens with one attached hydrogen (secondary N) is 1. The number of anilines is 2. The number of hydrogen-bond donors (Lipinski definition) is 2. The summed E-state index contributed by atoms with van der Waals surface area (Å²) in [6.07, 6.45) is 0. The van der Waals surface area contributed by atoms with Gasteiger partial charge in [0.1, 0.15) is 0 Å². The molecule has 4 nitrogen and oxygen atoms in total. The van der Waals surface area contributed by atoms with E-state index in [1.807, 2.05) is 52.0 Å². The van der Waals surface area contributed by atoms with Crippen LogP contribution in [0.5, 0.6) is 0 Å². The lowest BCUT2D eigenvalue weighted by Gasteiger charge is -2.17. The highest BCUT2D eigenvalue weighted by molar-refractivity contribution is 6.23. The summed E-state index contributed by atoms with van der Waals surface area (Å²) in [5.74, 6) is 0. The van der Waals surface area contributed by atoms with Crippen LogP contribution in [0.1, 0.15) is 44.4 Å². The van der Waals surface area contributed by atoms with Gasteiger partial charge < -0.3 is 11.1 Å². The van der Waals surface area contributed by atoms with E-state index >= 15 is 0 Å². The zero-order valence-corrected chi connectivity index (χ0v) is 17.0. The van der Waals surface area contributed by atoms with Crippen LogP contribution < -0.4 is 11.1 Å². The van der Waals surface area contributed by atoms with Crippen molar-refractivity contribution in [3.05, 3.63) is 64.9 Å². The molecule has 0 unspecified atom stereocenters. The van der Waals surface area contributed by atoms with Gasteiger partial charge in [0.05, 0.1) is 11.5 Å². The van der Waals surface area contributed by atoms with Crippen molar-refractivity contribution in [2.75, 3.05) is 12.4 Å². The Labute approximate surface area is 162 Å². The van der Waals surface area contributed by atoms with Crippen molar-refractivity contribution in [1.82, 2.24) is 0 Å². The second-order valence-corrected chi connectivity index (χ2v) is 7.34. The molecule has 0 aliphatic heterocycles. The number of nitrogens with two attached hydrogens (primary N) is 1. The van der Waals surface area contributed by atoms with Gasteiger partial charge in [-0.1, -0.05) is 24.3 Å². The van der Waals surface area contributed by atoms with Crippen LogP contribution in [0.3, 0.4) is 0 Å². The molecular formula is C23H28N4. The minimum atomic E-state index is -0.496. The maximum atomic E-state index is 9.29. The first kappa shape index (κ1) is 20.3. The van der Waals surface area contributed by atoms with Crippen LogP contribution in [0.2, 0.25) is 0 Å². The van der Waals surface area contributed by atoms with Gasteiger partial charge in [0.2, 0.25) is 0 Å². The number of nitrogens with zero attached hydrogens (tertiary/aromatic N) is 2. The third-order valence-corrected chi connectivity index (χ3v) is 4.78. The van der Waals surface area contributed by atoms with E-state index in [-0.39, 0.29) is 0 Å². The van der Waals surface area contributed by atoms with E-state index in [0.29, 0.717) is 0 Å². The highest BCUT2D eigenvalue weighted by Crippen LogP contribution is 2.29.